The second kappa shape index (κ2) is 7.31. The molecule has 3 rings (SSSR count). The maximum Gasteiger partial charge on any atom is 0.223 e. The van der Waals surface area contributed by atoms with Crippen LogP contribution in [0.4, 0.5) is 8.78 Å². The van der Waals surface area contributed by atoms with Gasteiger partial charge in [-0.3, -0.25) is 4.79 Å². The van der Waals surface area contributed by atoms with E-state index in [2.05, 4.69) is 0 Å². The van der Waals surface area contributed by atoms with Gasteiger partial charge in [-0.05, 0) is 49.1 Å². The topological polar surface area (TPSA) is 40.5 Å². The lowest BCUT2D eigenvalue weighted by molar-refractivity contribution is -0.132. The number of amides is 1. The Bertz CT molecular complexity index is 778. The van der Waals surface area contributed by atoms with E-state index in [9.17, 15) is 18.7 Å². The van der Waals surface area contributed by atoms with Crippen LogP contribution < -0.4 is 0 Å². The van der Waals surface area contributed by atoms with Crippen LogP contribution in [-0.4, -0.2) is 28.6 Å². The Balaban J connectivity index is 1.76. The van der Waals surface area contributed by atoms with Crippen LogP contribution in [0.15, 0.2) is 42.5 Å². The Morgan fingerprint density at radius 1 is 1.24 bits per heavy atom. The number of hydrogen-bond donors (Lipinski definition) is 1. The molecule has 1 saturated heterocycles. The van der Waals surface area contributed by atoms with E-state index >= 15 is 0 Å². The van der Waals surface area contributed by atoms with Crippen LogP contribution >= 0.6 is 0 Å². The molecule has 2 unspecified atom stereocenters. The Labute approximate surface area is 145 Å². The molecular weight excluding hydrogens is 324 g/mol. The van der Waals surface area contributed by atoms with Crippen LogP contribution in [0.5, 0.6) is 0 Å². The number of carbonyl (C=O) groups is 1. The van der Waals surface area contributed by atoms with Crippen molar-refractivity contribution in [2.45, 2.75) is 38.3 Å². The first-order valence-corrected chi connectivity index (χ1v) is 8.42. The average Bonchev–Trinajstić information content (AvgIpc) is 2.98. The molecule has 1 N–H and O–H groups in total. The third-order valence-electron chi connectivity index (χ3n) is 4.79. The van der Waals surface area contributed by atoms with E-state index in [1.807, 2.05) is 31.2 Å². The van der Waals surface area contributed by atoms with Gasteiger partial charge in [0.05, 0.1) is 12.1 Å². The number of benzene rings is 2. The zero-order valence-electron chi connectivity index (χ0n) is 14.1. The zero-order chi connectivity index (χ0) is 18.0. The normalized spacial score (nSPS) is 20.1. The fourth-order valence-corrected chi connectivity index (χ4v) is 3.43. The molecule has 0 spiro atoms. The molecule has 1 amide bonds. The van der Waals surface area contributed by atoms with Crippen molar-refractivity contribution in [2.24, 2.45) is 0 Å². The molecule has 1 fully saturated rings. The van der Waals surface area contributed by atoms with Gasteiger partial charge in [0.15, 0.2) is 0 Å². The number of rotatable bonds is 4. The molecule has 0 bridgehead atoms. The first kappa shape index (κ1) is 17.5. The van der Waals surface area contributed by atoms with E-state index in [4.69, 9.17) is 0 Å². The summed E-state index contributed by atoms with van der Waals surface area (Å²) in [5, 5.41) is 9.96. The van der Waals surface area contributed by atoms with Gasteiger partial charge in [-0.25, -0.2) is 8.78 Å². The SMILES string of the molecule is Cc1ccccc1CCC(=O)N1CC(O)CC1c1cc(F)ccc1F. The summed E-state index contributed by atoms with van der Waals surface area (Å²) < 4.78 is 27.6. The molecule has 1 aliphatic rings. The number of likely N-dealkylation sites (tertiary alicyclic amines) is 1. The lowest BCUT2D eigenvalue weighted by Crippen LogP contribution is -2.32. The molecule has 2 aromatic carbocycles. The first-order valence-electron chi connectivity index (χ1n) is 8.42. The van der Waals surface area contributed by atoms with Crippen LogP contribution in [0.1, 0.15) is 35.6 Å². The number of carbonyl (C=O) groups excluding carboxylic acids is 1. The molecule has 0 radical (unpaired) electrons. The summed E-state index contributed by atoms with van der Waals surface area (Å²) >= 11 is 0. The summed E-state index contributed by atoms with van der Waals surface area (Å²) in [6.45, 7) is 2.14. The fraction of sp³-hybridized carbons (Fsp3) is 0.350. The predicted octanol–water partition coefficient (Wildman–Crippen LogP) is 3.54. The van der Waals surface area contributed by atoms with Crippen molar-refractivity contribution in [1.82, 2.24) is 4.90 Å². The summed E-state index contributed by atoms with van der Waals surface area (Å²) in [7, 11) is 0. The van der Waals surface area contributed by atoms with Crippen LogP contribution in [0.2, 0.25) is 0 Å². The maximum atomic E-state index is 14.1. The van der Waals surface area contributed by atoms with Crippen molar-refractivity contribution in [1.29, 1.82) is 0 Å². The van der Waals surface area contributed by atoms with E-state index in [0.29, 0.717) is 6.42 Å². The van der Waals surface area contributed by atoms with Gasteiger partial charge in [0, 0.05) is 18.5 Å². The van der Waals surface area contributed by atoms with Gasteiger partial charge < -0.3 is 10.0 Å². The summed E-state index contributed by atoms with van der Waals surface area (Å²) in [5.74, 6) is -1.27. The molecule has 1 heterocycles. The molecule has 1 aliphatic heterocycles. The molecule has 0 aromatic heterocycles. The highest BCUT2D eigenvalue weighted by atomic mass is 19.1. The third kappa shape index (κ3) is 3.87. The number of nitrogens with zero attached hydrogens (tertiary/aromatic N) is 1. The van der Waals surface area contributed by atoms with Crippen LogP contribution in [0, 0.1) is 18.6 Å². The van der Waals surface area contributed by atoms with E-state index in [1.165, 1.54) is 4.90 Å². The number of hydrogen-bond acceptors (Lipinski definition) is 2. The summed E-state index contributed by atoms with van der Waals surface area (Å²) in [4.78, 5) is 14.1. The van der Waals surface area contributed by atoms with E-state index in [-0.39, 0.29) is 30.9 Å². The van der Waals surface area contributed by atoms with E-state index in [0.717, 1.165) is 29.3 Å². The monoisotopic (exact) mass is 345 g/mol. The van der Waals surface area contributed by atoms with Gasteiger partial charge in [0.2, 0.25) is 5.91 Å². The van der Waals surface area contributed by atoms with Gasteiger partial charge in [-0.2, -0.15) is 0 Å². The number of aliphatic hydroxyl groups is 1. The minimum Gasteiger partial charge on any atom is -0.391 e. The third-order valence-corrected chi connectivity index (χ3v) is 4.79. The number of aliphatic hydroxyl groups excluding tert-OH is 1. The highest BCUT2D eigenvalue weighted by molar-refractivity contribution is 5.77. The lowest BCUT2D eigenvalue weighted by Gasteiger charge is -2.25. The van der Waals surface area contributed by atoms with E-state index < -0.39 is 23.8 Å². The van der Waals surface area contributed by atoms with Gasteiger partial charge >= 0.3 is 0 Å². The average molecular weight is 345 g/mol. The van der Waals surface area contributed by atoms with E-state index in [1.54, 1.807) is 0 Å². The Morgan fingerprint density at radius 2 is 2.00 bits per heavy atom. The Kier molecular flexibility index (Phi) is 5.13. The van der Waals surface area contributed by atoms with Gasteiger partial charge in [-0.15, -0.1) is 0 Å². The Hall–Kier alpha value is -2.27. The molecule has 3 nitrogen and oxygen atoms in total. The van der Waals surface area contributed by atoms with Crippen molar-refractivity contribution < 1.29 is 18.7 Å². The zero-order valence-corrected chi connectivity index (χ0v) is 14.1. The first-order chi connectivity index (χ1) is 12.0. The van der Waals surface area contributed by atoms with Crippen LogP contribution in [0.25, 0.3) is 0 Å². The Morgan fingerprint density at radius 3 is 2.76 bits per heavy atom. The van der Waals surface area contributed by atoms with Gasteiger partial charge in [0.25, 0.3) is 0 Å². The largest absolute Gasteiger partial charge is 0.391 e. The predicted molar refractivity (Wildman–Crippen MR) is 90.9 cm³/mol. The van der Waals surface area contributed by atoms with Gasteiger partial charge in [-0.1, -0.05) is 24.3 Å². The summed E-state index contributed by atoms with van der Waals surface area (Å²) in [6, 6.07) is 10.4. The molecule has 25 heavy (non-hydrogen) atoms. The molecule has 2 atom stereocenters. The van der Waals surface area contributed by atoms with Crippen LogP contribution in [-0.2, 0) is 11.2 Å². The number of halogens is 2. The number of aryl methyl sites for hydroxylation is 2. The summed E-state index contributed by atoms with van der Waals surface area (Å²) in [5.41, 5.74) is 2.33. The van der Waals surface area contributed by atoms with Crippen molar-refractivity contribution >= 4 is 5.91 Å². The van der Waals surface area contributed by atoms with Crippen molar-refractivity contribution in [3.05, 3.63) is 70.8 Å². The second-order valence-electron chi connectivity index (χ2n) is 6.54. The van der Waals surface area contributed by atoms with Crippen LogP contribution in [0.3, 0.4) is 0 Å². The minimum absolute atomic E-state index is 0.126. The second-order valence-corrected chi connectivity index (χ2v) is 6.54. The molecule has 132 valence electrons. The minimum atomic E-state index is -0.727. The van der Waals surface area contributed by atoms with Crippen molar-refractivity contribution in [3.63, 3.8) is 0 Å². The van der Waals surface area contributed by atoms with Gasteiger partial charge in [0.1, 0.15) is 11.6 Å². The molecular formula is C20H21F2NO2. The van der Waals surface area contributed by atoms with Crippen molar-refractivity contribution in [2.75, 3.05) is 6.54 Å². The lowest BCUT2D eigenvalue weighted by atomic mass is 10.0. The number of β-amino-alcohol motifs (C(OH)–C–C–N with tert-alkyl or cyclic N) is 1. The maximum absolute atomic E-state index is 14.1. The highest BCUT2D eigenvalue weighted by Crippen LogP contribution is 2.34. The summed E-state index contributed by atoms with van der Waals surface area (Å²) in [6.07, 6.45) is 0.341. The fourth-order valence-electron chi connectivity index (χ4n) is 3.43. The quantitative estimate of drug-likeness (QED) is 0.921. The molecule has 5 heteroatoms. The van der Waals surface area contributed by atoms with Crippen molar-refractivity contribution in [3.8, 4) is 0 Å². The molecule has 0 aliphatic carbocycles. The molecule has 2 aromatic rings. The highest BCUT2D eigenvalue weighted by Gasteiger charge is 2.36. The molecule has 0 saturated carbocycles. The smallest absolute Gasteiger partial charge is 0.223 e. The standard InChI is InChI=1S/C20H21F2NO2/c1-13-4-2-3-5-14(13)6-9-20(25)23-12-16(24)11-19(23)17-10-15(21)7-8-18(17)22/h2-5,7-8,10,16,19,24H,6,9,11-12H2,1H3.